The third-order valence-electron chi connectivity index (χ3n) is 5.12. The Labute approximate surface area is 101 Å². The molecule has 1 N–H and O–H groups in total. The largest absolute Gasteiger partial charge is 0.317 e. The molecule has 94 valence electrons. The maximum atomic E-state index is 3.62. The Balaban J connectivity index is 1.85. The summed E-state index contributed by atoms with van der Waals surface area (Å²) in [5, 5.41) is 3.62. The second-order valence-corrected chi connectivity index (χ2v) is 6.36. The van der Waals surface area contributed by atoms with E-state index in [4.69, 9.17) is 0 Å². The van der Waals surface area contributed by atoms with Crippen LogP contribution in [0.4, 0.5) is 0 Å². The summed E-state index contributed by atoms with van der Waals surface area (Å²) in [5.74, 6) is 4.06. The zero-order valence-electron chi connectivity index (χ0n) is 11.3. The van der Waals surface area contributed by atoms with Crippen LogP contribution in [0.5, 0.6) is 0 Å². The van der Waals surface area contributed by atoms with Crippen molar-refractivity contribution in [3.05, 3.63) is 0 Å². The number of nitrogens with one attached hydrogen (secondary N) is 1. The highest BCUT2D eigenvalue weighted by Gasteiger charge is 2.42. The van der Waals surface area contributed by atoms with Crippen LogP contribution in [0.2, 0.25) is 0 Å². The maximum Gasteiger partial charge on any atom is 0.00976 e. The van der Waals surface area contributed by atoms with Gasteiger partial charge in [0.1, 0.15) is 0 Å². The summed E-state index contributed by atoms with van der Waals surface area (Å²) < 4.78 is 0. The molecule has 5 unspecified atom stereocenters. The van der Waals surface area contributed by atoms with E-state index in [1.807, 2.05) is 0 Å². The molecular formula is C15H29N. The summed E-state index contributed by atoms with van der Waals surface area (Å²) in [6.45, 7) is 4.74. The van der Waals surface area contributed by atoms with Crippen LogP contribution in [0.25, 0.3) is 0 Å². The minimum Gasteiger partial charge on any atom is -0.317 e. The van der Waals surface area contributed by atoms with Crippen molar-refractivity contribution in [3.8, 4) is 0 Å². The van der Waals surface area contributed by atoms with Gasteiger partial charge in [0.25, 0.3) is 0 Å². The summed E-state index contributed by atoms with van der Waals surface area (Å²) in [5.41, 5.74) is 0. The molecule has 2 aliphatic rings. The number of hydrogen-bond donors (Lipinski definition) is 1. The Morgan fingerprint density at radius 1 is 1.25 bits per heavy atom. The van der Waals surface area contributed by atoms with Crippen LogP contribution in [0.1, 0.15) is 58.8 Å². The number of fused-ring (bicyclic) bond motifs is 2. The molecule has 0 aromatic rings. The molecule has 0 amide bonds. The number of rotatable bonds is 6. The molecule has 2 fully saturated rings. The van der Waals surface area contributed by atoms with Gasteiger partial charge in [-0.1, -0.05) is 33.1 Å². The molecule has 0 aromatic heterocycles. The molecule has 0 radical (unpaired) electrons. The Kier molecular flexibility index (Phi) is 4.29. The van der Waals surface area contributed by atoms with Crippen molar-refractivity contribution < 1.29 is 0 Å². The Hall–Kier alpha value is -0.0400. The molecular weight excluding hydrogens is 194 g/mol. The van der Waals surface area contributed by atoms with Gasteiger partial charge < -0.3 is 5.32 Å². The maximum absolute atomic E-state index is 3.62. The van der Waals surface area contributed by atoms with Gasteiger partial charge in [0.15, 0.2) is 0 Å². The van der Waals surface area contributed by atoms with Crippen molar-refractivity contribution in [2.45, 2.75) is 64.8 Å². The Morgan fingerprint density at radius 3 is 2.56 bits per heavy atom. The van der Waals surface area contributed by atoms with E-state index in [-0.39, 0.29) is 0 Å². The first-order valence-corrected chi connectivity index (χ1v) is 7.41. The van der Waals surface area contributed by atoms with Crippen LogP contribution < -0.4 is 5.32 Å². The van der Waals surface area contributed by atoms with Gasteiger partial charge in [-0.2, -0.15) is 0 Å². The smallest absolute Gasteiger partial charge is 0.00976 e. The van der Waals surface area contributed by atoms with Crippen molar-refractivity contribution in [2.75, 3.05) is 7.05 Å². The fraction of sp³-hybridized carbons (Fsp3) is 1.00. The molecule has 2 aliphatic carbocycles. The van der Waals surface area contributed by atoms with Crippen LogP contribution in [0.15, 0.2) is 0 Å². The monoisotopic (exact) mass is 223 g/mol. The van der Waals surface area contributed by atoms with Crippen molar-refractivity contribution in [3.63, 3.8) is 0 Å². The molecule has 0 spiro atoms. The molecule has 0 aliphatic heterocycles. The third kappa shape index (κ3) is 2.61. The third-order valence-corrected chi connectivity index (χ3v) is 5.12. The van der Waals surface area contributed by atoms with E-state index in [0.717, 1.165) is 29.7 Å². The Morgan fingerprint density at radius 2 is 2.06 bits per heavy atom. The van der Waals surface area contributed by atoms with E-state index in [2.05, 4.69) is 26.2 Å². The SMILES string of the molecule is CCCC(C)CC(NC)C1CC2CCC1C2. The predicted octanol–water partition coefficient (Wildman–Crippen LogP) is 3.84. The number of hydrogen-bond acceptors (Lipinski definition) is 1. The highest BCUT2D eigenvalue weighted by Crippen LogP contribution is 2.50. The fourth-order valence-electron chi connectivity index (χ4n) is 4.34. The quantitative estimate of drug-likeness (QED) is 0.721. The highest BCUT2D eigenvalue weighted by atomic mass is 14.9. The predicted molar refractivity (Wildman–Crippen MR) is 70.5 cm³/mol. The van der Waals surface area contributed by atoms with Gasteiger partial charge >= 0.3 is 0 Å². The van der Waals surface area contributed by atoms with E-state index >= 15 is 0 Å². The van der Waals surface area contributed by atoms with E-state index in [1.165, 1.54) is 38.5 Å². The van der Waals surface area contributed by atoms with Gasteiger partial charge in [-0.25, -0.2) is 0 Å². The Bertz CT molecular complexity index is 213. The molecule has 5 atom stereocenters. The molecule has 2 saturated carbocycles. The highest BCUT2D eigenvalue weighted by molar-refractivity contribution is 4.95. The molecule has 0 heterocycles. The fourth-order valence-corrected chi connectivity index (χ4v) is 4.34. The normalized spacial score (nSPS) is 36.6. The average molecular weight is 223 g/mol. The van der Waals surface area contributed by atoms with Crippen molar-refractivity contribution >= 4 is 0 Å². The molecule has 16 heavy (non-hydrogen) atoms. The van der Waals surface area contributed by atoms with Gasteiger partial charge in [-0.05, 0) is 56.4 Å². The zero-order chi connectivity index (χ0) is 11.5. The topological polar surface area (TPSA) is 12.0 Å². The minimum atomic E-state index is 0.803. The van der Waals surface area contributed by atoms with E-state index in [9.17, 15) is 0 Å². The van der Waals surface area contributed by atoms with Gasteiger partial charge in [0.05, 0.1) is 0 Å². The zero-order valence-corrected chi connectivity index (χ0v) is 11.3. The second-order valence-electron chi connectivity index (χ2n) is 6.36. The van der Waals surface area contributed by atoms with Crippen molar-refractivity contribution in [2.24, 2.45) is 23.7 Å². The molecule has 0 aromatic carbocycles. The molecule has 2 bridgehead atoms. The summed E-state index contributed by atoms with van der Waals surface area (Å²) in [7, 11) is 2.18. The first-order valence-electron chi connectivity index (χ1n) is 7.41. The standard InChI is InChI=1S/C15H29N/c1-4-5-11(2)8-15(16-3)14-10-12-6-7-13(14)9-12/h11-16H,4-10H2,1-3H3. The van der Waals surface area contributed by atoms with Crippen LogP contribution in [-0.4, -0.2) is 13.1 Å². The molecule has 0 saturated heterocycles. The molecule has 1 heteroatoms. The average Bonchev–Trinajstić information content (AvgIpc) is 2.87. The summed E-state index contributed by atoms with van der Waals surface area (Å²) >= 11 is 0. The molecule has 1 nitrogen and oxygen atoms in total. The van der Waals surface area contributed by atoms with Crippen molar-refractivity contribution in [1.29, 1.82) is 0 Å². The van der Waals surface area contributed by atoms with E-state index in [1.54, 1.807) is 6.42 Å². The summed E-state index contributed by atoms with van der Waals surface area (Å²) in [6.07, 6.45) is 10.3. The van der Waals surface area contributed by atoms with Crippen LogP contribution >= 0.6 is 0 Å². The lowest BCUT2D eigenvalue weighted by atomic mass is 9.79. The van der Waals surface area contributed by atoms with E-state index in [0.29, 0.717) is 0 Å². The van der Waals surface area contributed by atoms with Gasteiger partial charge in [-0.3, -0.25) is 0 Å². The lowest BCUT2D eigenvalue weighted by Gasteiger charge is -2.32. The van der Waals surface area contributed by atoms with Crippen LogP contribution in [0, 0.1) is 23.7 Å². The lowest BCUT2D eigenvalue weighted by molar-refractivity contribution is 0.225. The van der Waals surface area contributed by atoms with Crippen LogP contribution in [-0.2, 0) is 0 Å². The second kappa shape index (κ2) is 5.53. The van der Waals surface area contributed by atoms with Gasteiger partial charge in [0.2, 0.25) is 0 Å². The van der Waals surface area contributed by atoms with Gasteiger partial charge in [0, 0.05) is 6.04 Å². The summed E-state index contributed by atoms with van der Waals surface area (Å²) in [4.78, 5) is 0. The van der Waals surface area contributed by atoms with Crippen LogP contribution in [0.3, 0.4) is 0 Å². The minimum absolute atomic E-state index is 0.803. The van der Waals surface area contributed by atoms with Crippen molar-refractivity contribution in [1.82, 2.24) is 5.32 Å². The lowest BCUT2D eigenvalue weighted by Crippen LogP contribution is -2.37. The molecule has 2 rings (SSSR count). The van der Waals surface area contributed by atoms with Gasteiger partial charge in [-0.15, -0.1) is 0 Å². The first-order chi connectivity index (χ1) is 7.74. The first kappa shape index (κ1) is 12.4. The van der Waals surface area contributed by atoms with E-state index < -0.39 is 0 Å². The summed E-state index contributed by atoms with van der Waals surface area (Å²) in [6, 6.07) is 0.803.